The van der Waals surface area contributed by atoms with Crippen LogP contribution >= 0.6 is 0 Å². The van der Waals surface area contributed by atoms with Crippen LogP contribution in [0.25, 0.3) is 0 Å². The van der Waals surface area contributed by atoms with Crippen LogP contribution in [0.3, 0.4) is 0 Å². The highest BCUT2D eigenvalue weighted by atomic mass is 19.1. The van der Waals surface area contributed by atoms with Crippen molar-refractivity contribution in [3.8, 4) is 11.8 Å². The number of halogens is 1. The van der Waals surface area contributed by atoms with Gasteiger partial charge in [-0.15, -0.1) is 0 Å². The maximum absolute atomic E-state index is 13.3. The summed E-state index contributed by atoms with van der Waals surface area (Å²) in [7, 11) is 0. The molecule has 1 aromatic rings. The van der Waals surface area contributed by atoms with E-state index in [0.717, 1.165) is 0 Å². The fourth-order valence-electron chi connectivity index (χ4n) is 1.14. The predicted octanol–water partition coefficient (Wildman–Crippen LogP) is 3.04. The normalized spacial score (nSPS) is 13.1. The topological polar surface area (TPSA) is 46.5 Å². The van der Waals surface area contributed by atoms with Gasteiger partial charge in [-0.3, -0.25) is 0 Å². The van der Waals surface area contributed by atoms with Gasteiger partial charge in [0, 0.05) is 0 Å². The highest BCUT2D eigenvalue weighted by Crippen LogP contribution is 2.15. The van der Waals surface area contributed by atoms with Gasteiger partial charge in [0.2, 0.25) is 0 Å². The molecular formula is C13H13FO3. The van der Waals surface area contributed by atoms with Crippen LogP contribution in [0.1, 0.15) is 25.8 Å². The number of hydrogen-bond acceptors (Lipinski definition) is 2. The molecule has 1 unspecified atom stereocenters. The van der Waals surface area contributed by atoms with Crippen molar-refractivity contribution in [3.63, 3.8) is 0 Å². The Hall–Kier alpha value is -2.02. The van der Waals surface area contributed by atoms with Gasteiger partial charge in [0.15, 0.2) is 5.60 Å². The van der Waals surface area contributed by atoms with Crippen molar-refractivity contribution in [3.05, 3.63) is 35.6 Å². The molecule has 0 saturated heterocycles. The SMILES string of the molecule is CCC(C)(C#Cc1ccccc1F)OC(=O)O. The van der Waals surface area contributed by atoms with Gasteiger partial charge < -0.3 is 9.84 Å². The van der Waals surface area contributed by atoms with Gasteiger partial charge in [-0.2, -0.15) is 0 Å². The molecule has 1 atom stereocenters. The zero-order valence-corrected chi connectivity index (χ0v) is 9.66. The van der Waals surface area contributed by atoms with Crippen LogP contribution in [-0.2, 0) is 4.74 Å². The standard InChI is InChI=1S/C13H13FO3/c1-3-13(2,17-12(15)16)9-8-10-6-4-5-7-11(10)14/h4-7H,3H2,1-2H3,(H,15,16). The number of rotatable bonds is 2. The summed E-state index contributed by atoms with van der Waals surface area (Å²) in [6.45, 7) is 3.30. The molecule has 1 aromatic carbocycles. The molecule has 1 rings (SSSR count). The second kappa shape index (κ2) is 5.35. The number of ether oxygens (including phenoxy) is 1. The predicted molar refractivity (Wildman–Crippen MR) is 61.1 cm³/mol. The number of carboxylic acid groups (broad SMARTS) is 1. The molecule has 0 aromatic heterocycles. The lowest BCUT2D eigenvalue weighted by molar-refractivity contribution is 0.0241. The van der Waals surface area contributed by atoms with E-state index >= 15 is 0 Å². The van der Waals surface area contributed by atoms with Gasteiger partial charge in [0.05, 0.1) is 5.56 Å². The molecular weight excluding hydrogens is 223 g/mol. The van der Waals surface area contributed by atoms with Crippen molar-refractivity contribution in [1.29, 1.82) is 0 Å². The lowest BCUT2D eigenvalue weighted by Crippen LogP contribution is -2.28. The second-order valence-electron chi connectivity index (χ2n) is 3.68. The molecule has 0 aliphatic carbocycles. The quantitative estimate of drug-likeness (QED) is 0.634. The first kappa shape index (κ1) is 13.0. The Morgan fingerprint density at radius 1 is 1.53 bits per heavy atom. The summed E-state index contributed by atoms with van der Waals surface area (Å²) in [4.78, 5) is 10.5. The molecule has 0 bridgehead atoms. The zero-order valence-electron chi connectivity index (χ0n) is 9.66. The second-order valence-corrected chi connectivity index (χ2v) is 3.68. The van der Waals surface area contributed by atoms with Crippen molar-refractivity contribution in [2.45, 2.75) is 25.9 Å². The maximum atomic E-state index is 13.3. The van der Waals surface area contributed by atoms with Gasteiger partial charge >= 0.3 is 6.16 Å². The minimum atomic E-state index is -1.39. The van der Waals surface area contributed by atoms with Crippen LogP contribution in [0.15, 0.2) is 24.3 Å². The van der Waals surface area contributed by atoms with Gasteiger partial charge in [0.25, 0.3) is 0 Å². The van der Waals surface area contributed by atoms with E-state index in [0.29, 0.717) is 6.42 Å². The third-order valence-corrected chi connectivity index (χ3v) is 2.32. The molecule has 90 valence electrons. The molecule has 0 spiro atoms. The van der Waals surface area contributed by atoms with E-state index in [1.165, 1.54) is 12.1 Å². The minimum absolute atomic E-state index is 0.223. The molecule has 0 heterocycles. The van der Waals surface area contributed by atoms with Gasteiger partial charge in [0.1, 0.15) is 5.82 Å². The highest BCUT2D eigenvalue weighted by Gasteiger charge is 2.23. The number of carbonyl (C=O) groups is 1. The first-order valence-electron chi connectivity index (χ1n) is 5.16. The van der Waals surface area contributed by atoms with Gasteiger partial charge in [-0.05, 0) is 31.4 Å². The molecule has 0 amide bonds. The van der Waals surface area contributed by atoms with E-state index in [1.807, 2.05) is 0 Å². The molecule has 17 heavy (non-hydrogen) atoms. The Balaban J connectivity index is 2.96. The summed E-state index contributed by atoms with van der Waals surface area (Å²) in [6.07, 6.45) is -1.00. The van der Waals surface area contributed by atoms with E-state index in [2.05, 4.69) is 16.6 Å². The third kappa shape index (κ3) is 3.80. The molecule has 3 nitrogen and oxygen atoms in total. The first-order chi connectivity index (χ1) is 7.97. The van der Waals surface area contributed by atoms with E-state index in [1.54, 1.807) is 26.0 Å². The Morgan fingerprint density at radius 2 is 2.18 bits per heavy atom. The maximum Gasteiger partial charge on any atom is 0.507 e. The van der Waals surface area contributed by atoms with Crippen LogP contribution in [0, 0.1) is 17.7 Å². The third-order valence-electron chi connectivity index (χ3n) is 2.32. The highest BCUT2D eigenvalue weighted by molar-refractivity contribution is 5.58. The summed E-state index contributed by atoms with van der Waals surface area (Å²) in [6, 6.07) is 6.05. The molecule has 0 saturated carbocycles. The fourth-order valence-corrected chi connectivity index (χ4v) is 1.14. The molecule has 1 N–H and O–H groups in total. The lowest BCUT2D eigenvalue weighted by atomic mass is 10.0. The van der Waals surface area contributed by atoms with Gasteiger partial charge in [-0.1, -0.05) is 25.0 Å². The summed E-state index contributed by atoms with van der Waals surface area (Å²) in [5, 5.41) is 8.57. The summed E-state index contributed by atoms with van der Waals surface area (Å²) < 4.78 is 17.9. The minimum Gasteiger partial charge on any atom is -0.450 e. The largest absolute Gasteiger partial charge is 0.507 e. The van der Waals surface area contributed by atoms with E-state index in [-0.39, 0.29) is 5.56 Å². The van der Waals surface area contributed by atoms with Crippen LogP contribution in [0.4, 0.5) is 9.18 Å². The average molecular weight is 236 g/mol. The van der Waals surface area contributed by atoms with Crippen LogP contribution < -0.4 is 0 Å². The van der Waals surface area contributed by atoms with Crippen LogP contribution in [0.5, 0.6) is 0 Å². The lowest BCUT2D eigenvalue weighted by Gasteiger charge is -2.19. The van der Waals surface area contributed by atoms with Crippen molar-refractivity contribution < 1.29 is 19.0 Å². The monoisotopic (exact) mass is 236 g/mol. The van der Waals surface area contributed by atoms with Gasteiger partial charge in [-0.25, -0.2) is 9.18 Å². The first-order valence-corrected chi connectivity index (χ1v) is 5.16. The smallest absolute Gasteiger partial charge is 0.450 e. The Kier molecular flexibility index (Phi) is 4.11. The van der Waals surface area contributed by atoms with Crippen molar-refractivity contribution in [1.82, 2.24) is 0 Å². The van der Waals surface area contributed by atoms with E-state index in [9.17, 15) is 9.18 Å². The zero-order chi connectivity index (χ0) is 12.9. The molecule has 0 radical (unpaired) electrons. The van der Waals surface area contributed by atoms with Crippen molar-refractivity contribution >= 4 is 6.16 Å². The summed E-state index contributed by atoms with van der Waals surface area (Å²) in [5.74, 6) is 4.80. The summed E-state index contributed by atoms with van der Waals surface area (Å²) in [5.41, 5.74) is -0.894. The van der Waals surface area contributed by atoms with Crippen molar-refractivity contribution in [2.75, 3.05) is 0 Å². The molecule has 0 fully saturated rings. The van der Waals surface area contributed by atoms with Crippen LogP contribution in [-0.4, -0.2) is 16.9 Å². The number of hydrogen-bond donors (Lipinski definition) is 1. The Labute approximate surface area is 99.2 Å². The molecule has 0 aliphatic rings. The fraction of sp³-hybridized carbons (Fsp3) is 0.308. The van der Waals surface area contributed by atoms with E-state index in [4.69, 9.17) is 5.11 Å². The summed E-state index contributed by atoms with van der Waals surface area (Å²) >= 11 is 0. The molecule has 0 aliphatic heterocycles. The van der Waals surface area contributed by atoms with E-state index < -0.39 is 17.6 Å². The molecule has 4 heteroatoms. The van der Waals surface area contributed by atoms with Crippen molar-refractivity contribution in [2.24, 2.45) is 0 Å². The average Bonchev–Trinajstić information content (AvgIpc) is 2.27. The Morgan fingerprint density at radius 3 is 2.71 bits per heavy atom. The number of benzene rings is 1. The van der Waals surface area contributed by atoms with Crippen LogP contribution in [0.2, 0.25) is 0 Å². The Bertz CT molecular complexity index is 473.